The third-order valence-electron chi connectivity index (χ3n) is 2.29. The molecule has 0 spiro atoms. The molecule has 0 aliphatic heterocycles. The van der Waals surface area contributed by atoms with E-state index in [1.807, 2.05) is 16.7 Å². The summed E-state index contributed by atoms with van der Waals surface area (Å²) in [6, 6.07) is 3.62. The zero-order chi connectivity index (χ0) is 10.1. The highest BCUT2D eigenvalue weighted by Crippen LogP contribution is 2.19. The number of aromatic nitrogens is 2. The van der Waals surface area contributed by atoms with Crippen LogP contribution in [0, 0.1) is 0 Å². The molecule has 0 saturated carbocycles. The van der Waals surface area contributed by atoms with Gasteiger partial charge in [-0.3, -0.25) is 4.79 Å². The van der Waals surface area contributed by atoms with Gasteiger partial charge in [0.25, 0.3) is 0 Å². The maximum Gasteiger partial charge on any atom is 0.310 e. The summed E-state index contributed by atoms with van der Waals surface area (Å²) in [7, 11) is 0. The molecule has 1 atom stereocenters. The molecule has 2 rings (SSSR count). The van der Waals surface area contributed by atoms with Gasteiger partial charge in [-0.15, -0.1) is 0 Å². The van der Waals surface area contributed by atoms with E-state index < -0.39 is 11.9 Å². The number of nitrogens with zero attached hydrogens (tertiary/aromatic N) is 2. The number of aliphatic carboxylic acids is 1. The second-order valence-corrected chi connectivity index (χ2v) is 3.18. The van der Waals surface area contributed by atoms with Gasteiger partial charge in [-0.1, -0.05) is 6.07 Å². The molecule has 2 aromatic heterocycles. The van der Waals surface area contributed by atoms with Gasteiger partial charge in [0.1, 0.15) is 5.65 Å². The van der Waals surface area contributed by atoms with Gasteiger partial charge < -0.3 is 9.51 Å². The Hall–Kier alpha value is -1.84. The average Bonchev–Trinajstić information content (AvgIpc) is 2.63. The average molecular weight is 190 g/mol. The Bertz CT molecular complexity index is 476. The maximum atomic E-state index is 10.8. The Kier molecular flexibility index (Phi) is 1.96. The van der Waals surface area contributed by atoms with Crippen molar-refractivity contribution >= 4 is 11.6 Å². The van der Waals surface area contributed by atoms with Gasteiger partial charge in [-0.05, 0) is 13.0 Å². The molecule has 1 unspecified atom stereocenters. The van der Waals surface area contributed by atoms with Gasteiger partial charge in [0.05, 0.1) is 5.92 Å². The number of hydrogen-bond acceptors (Lipinski definition) is 2. The van der Waals surface area contributed by atoms with Gasteiger partial charge in [0.2, 0.25) is 0 Å². The second kappa shape index (κ2) is 3.14. The molecule has 14 heavy (non-hydrogen) atoms. The van der Waals surface area contributed by atoms with Crippen molar-refractivity contribution in [2.45, 2.75) is 12.8 Å². The van der Waals surface area contributed by atoms with E-state index in [0.717, 1.165) is 5.56 Å². The Balaban J connectivity index is 2.61. The SMILES string of the molecule is CC(C(=O)O)c1cccn2ccnc12. The lowest BCUT2D eigenvalue weighted by Crippen LogP contribution is -2.08. The van der Waals surface area contributed by atoms with E-state index in [4.69, 9.17) is 5.11 Å². The van der Waals surface area contributed by atoms with Gasteiger partial charge >= 0.3 is 5.97 Å². The summed E-state index contributed by atoms with van der Waals surface area (Å²) >= 11 is 0. The molecule has 0 radical (unpaired) electrons. The van der Waals surface area contributed by atoms with Crippen LogP contribution in [0.3, 0.4) is 0 Å². The number of carboxylic acids is 1. The van der Waals surface area contributed by atoms with Crippen LogP contribution in [-0.4, -0.2) is 20.5 Å². The molecule has 0 amide bonds. The summed E-state index contributed by atoms with van der Waals surface area (Å²) in [6.07, 6.45) is 5.31. The highest BCUT2D eigenvalue weighted by molar-refractivity contribution is 5.78. The van der Waals surface area contributed by atoms with Gasteiger partial charge in [-0.25, -0.2) is 4.98 Å². The highest BCUT2D eigenvalue weighted by atomic mass is 16.4. The molecule has 4 nitrogen and oxygen atoms in total. The van der Waals surface area contributed by atoms with Crippen molar-refractivity contribution in [1.29, 1.82) is 0 Å². The Labute approximate surface area is 80.8 Å². The first-order valence-electron chi connectivity index (χ1n) is 4.34. The fraction of sp³-hybridized carbons (Fsp3) is 0.200. The van der Waals surface area contributed by atoms with E-state index in [9.17, 15) is 4.79 Å². The lowest BCUT2D eigenvalue weighted by molar-refractivity contribution is -0.138. The third kappa shape index (κ3) is 1.25. The monoisotopic (exact) mass is 190 g/mol. The van der Waals surface area contributed by atoms with E-state index >= 15 is 0 Å². The minimum atomic E-state index is -0.832. The zero-order valence-electron chi connectivity index (χ0n) is 7.71. The molecular weight excluding hydrogens is 180 g/mol. The van der Waals surface area contributed by atoms with Crippen molar-refractivity contribution < 1.29 is 9.90 Å². The molecule has 0 aliphatic rings. The van der Waals surface area contributed by atoms with Gasteiger partial charge in [0, 0.05) is 24.2 Å². The number of pyridine rings is 1. The molecule has 0 fully saturated rings. The van der Waals surface area contributed by atoms with Crippen molar-refractivity contribution in [3.8, 4) is 0 Å². The molecule has 4 heteroatoms. The molecule has 0 aliphatic carbocycles. The number of rotatable bonds is 2. The van der Waals surface area contributed by atoms with Crippen molar-refractivity contribution in [1.82, 2.24) is 9.38 Å². The number of fused-ring (bicyclic) bond motifs is 1. The van der Waals surface area contributed by atoms with E-state index in [-0.39, 0.29) is 0 Å². The predicted octanol–water partition coefficient (Wildman–Crippen LogP) is 1.52. The van der Waals surface area contributed by atoms with E-state index in [1.54, 1.807) is 25.4 Å². The number of carboxylic acid groups (broad SMARTS) is 1. The van der Waals surface area contributed by atoms with Crippen LogP contribution in [0.1, 0.15) is 18.4 Å². The fourth-order valence-electron chi connectivity index (χ4n) is 1.44. The first-order chi connectivity index (χ1) is 6.70. The molecule has 0 saturated heterocycles. The van der Waals surface area contributed by atoms with Crippen molar-refractivity contribution in [3.05, 3.63) is 36.3 Å². The zero-order valence-corrected chi connectivity index (χ0v) is 7.71. The van der Waals surface area contributed by atoms with Crippen molar-refractivity contribution in [2.24, 2.45) is 0 Å². The topological polar surface area (TPSA) is 54.6 Å². The standard InChI is InChI=1S/C10H10N2O2/c1-7(10(13)14)8-3-2-5-12-6-4-11-9(8)12/h2-7H,1H3,(H,13,14). The number of carbonyl (C=O) groups is 1. The van der Waals surface area contributed by atoms with Crippen LogP contribution in [0.4, 0.5) is 0 Å². The van der Waals surface area contributed by atoms with Crippen LogP contribution < -0.4 is 0 Å². The van der Waals surface area contributed by atoms with Crippen molar-refractivity contribution in [3.63, 3.8) is 0 Å². The maximum absolute atomic E-state index is 10.8. The summed E-state index contributed by atoms with van der Waals surface area (Å²) in [6.45, 7) is 1.66. The molecular formula is C10H10N2O2. The predicted molar refractivity (Wildman–Crippen MR) is 51.2 cm³/mol. The third-order valence-corrected chi connectivity index (χ3v) is 2.29. The quantitative estimate of drug-likeness (QED) is 0.781. The molecule has 2 heterocycles. The Morgan fingerprint density at radius 3 is 3.07 bits per heavy atom. The minimum Gasteiger partial charge on any atom is -0.481 e. The number of imidazole rings is 1. The summed E-state index contributed by atoms with van der Waals surface area (Å²) in [5, 5.41) is 8.90. The van der Waals surface area contributed by atoms with E-state index in [2.05, 4.69) is 4.98 Å². The van der Waals surface area contributed by atoms with Crippen LogP contribution in [0.5, 0.6) is 0 Å². The summed E-state index contributed by atoms with van der Waals surface area (Å²) in [5.41, 5.74) is 1.45. The lowest BCUT2D eigenvalue weighted by Gasteiger charge is -2.07. The Morgan fingerprint density at radius 2 is 2.36 bits per heavy atom. The highest BCUT2D eigenvalue weighted by Gasteiger charge is 2.16. The fourth-order valence-corrected chi connectivity index (χ4v) is 1.44. The van der Waals surface area contributed by atoms with Crippen LogP contribution in [0.25, 0.3) is 5.65 Å². The Morgan fingerprint density at radius 1 is 1.57 bits per heavy atom. The van der Waals surface area contributed by atoms with Crippen molar-refractivity contribution in [2.75, 3.05) is 0 Å². The lowest BCUT2D eigenvalue weighted by atomic mass is 10.0. The van der Waals surface area contributed by atoms with Gasteiger partial charge in [0.15, 0.2) is 0 Å². The molecule has 72 valence electrons. The summed E-state index contributed by atoms with van der Waals surface area (Å²) in [5.74, 6) is -1.36. The van der Waals surface area contributed by atoms with Crippen LogP contribution in [-0.2, 0) is 4.79 Å². The first kappa shape index (κ1) is 8.74. The van der Waals surface area contributed by atoms with E-state index in [1.165, 1.54) is 0 Å². The van der Waals surface area contributed by atoms with Crippen LogP contribution >= 0.6 is 0 Å². The smallest absolute Gasteiger partial charge is 0.310 e. The summed E-state index contributed by atoms with van der Waals surface area (Å²) in [4.78, 5) is 15.0. The summed E-state index contributed by atoms with van der Waals surface area (Å²) < 4.78 is 1.81. The van der Waals surface area contributed by atoms with Gasteiger partial charge in [-0.2, -0.15) is 0 Å². The minimum absolute atomic E-state index is 0.527. The van der Waals surface area contributed by atoms with E-state index in [0.29, 0.717) is 5.65 Å². The second-order valence-electron chi connectivity index (χ2n) is 3.18. The van der Waals surface area contributed by atoms with Crippen LogP contribution in [0.2, 0.25) is 0 Å². The largest absolute Gasteiger partial charge is 0.481 e. The first-order valence-corrected chi connectivity index (χ1v) is 4.34. The molecule has 0 bridgehead atoms. The molecule has 2 aromatic rings. The molecule has 0 aromatic carbocycles. The van der Waals surface area contributed by atoms with Crippen LogP contribution in [0.15, 0.2) is 30.7 Å². The molecule has 1 N–H and O–H groups in total. The normalized spacial score (nSPS) is 12.9. The number of hydrogen-bond donors (Lipinski definition) is 1.